The summed E-state index contributed by atoms with van der Waals surface area (Å²) in [6.07, 6.45) is 0. The van der Waals surface area contributed by atoms with E-state index in [-0.39, 0.29) is 18.5 Å². The summed E-state index contributed by atoms with van der Waals surface area (Å²) in [5, 5.41) is 2.49. The number of nitrogens with two attached hydrogens (primary N) is 1. The van der Waals surface area contributed by atoms with Crippen LogP contribution in [0.25, 0.3) is 0 Å². The highest BCUT2D eigenvalue weighted by Gasteiger charge is 2.27. The Labute approximate surface area is 110 Å². The Morgan fingerprint density at radius 3 is 2.89 bits per heavy atom. The fourth-order valence-electron chi connectivity index (χ4n) is 1.71. The Kier molecular flexibility index (Phi) is 3.76. The molecule has 1 aliphatic heterocycles. The molecular weight excluding hydrogens is 250 g/mol. The van der Waals surface area contributed by atoms with E-state index < -0.39 is 0 Å². The number of hydrogen-bond acceptors (Lipinski definition) is 4. The molecule has 18 heavy (non-hydrogen) atoms. The van der Waals surface area contributed by atoms with Gasteiger partial charge in [0.05, 0.1) is 6.54 Å². The van der Waals surface area contributed by atoms with E-state index >= 15 is 0 Å². The predicted molar refractivity (Wildman–Crippen MR) is 71.4 cm³/mol. The molecule has 1 fully saturated rings. The highest BCUT2D eigenvalue weighted by atomic mass is 32.2. The first-order valence-electron chi connectivity index (χ1n) is 5.65. The smallest absolute Gasteiger partial charge is 0.324 e. The normalized spacial score (nSPS) is 15.1. The summed E-state index contributed by atoms with van der Waals surface area (Å²) in [7, 11) is 0. The van der Waals surface area contributed by atoms with Gasteiger partial charge in [-0.15, -0.1) is 11.8 Å². The van der Waals surface area contributed by atoms with Gasteiger partial charge in [-0.05, 0) is 18.6 Å². The van der Waals surface area contributed by atoms with E-state index in [1.54, 1.807) is 11.8 Å². The number of anilines is 1. The predicted octanol–water partition coefficient (Wildman–Crippen LogP) is 1.22. The summed E-state index contributed by atoms with van der Waals surface area (Å²) in [6, 6.07) is 5.54. The van der Waals surface area contributed by atoms with Gasteiger partial charge in [-0.25, -0.2) is 4.79 Å². The van der Waals surface area contributed by atoms with E-state index in [4.69, 9.17) is 5.73 Å². The second-order valence-electron chi connectivity index (χ2n) is 4.04. The molecule has 0 radical (unpaired) electrons. The van der Waals surface area contributed by atoms with Crippen molar-refractivity contribution in [3.8, 4) is 0 Å². The molecule has 96 valence electrons. The molecule has 0 aromatic heterocycles. The van der Waals surface area contributed by atoms with E-state index in [1.807, 2.05) is 25.1 Å². The third-order valence-corrected chi connectivity index (χ3v) is 3.85. The lowest BCUT2D eigenvalue weighted by Crippen LogP contribution is -2.32. The van der Waals surface area contributed by atoms with Crippen LogP contribution in [0.4, 0.5) is 10.5 Å². The molecule has 0 atom stereocenters. The summed E-state index contributed by atoms with van der Waals surface area (Å²) in [4.78, 5) is 24.9. The Hall–Kier alpha value is -1.69. The third-order valence-electron chi connectivity index (χ3n) is 2.79. The molecule has 0 spiro atoms. The quantitative estimate of drug-likeness (QED) is 0.487. The van der Waals surface area contributed by atoms with Crippen molar-refractivity contribution in [2.24, 2.45) is 0 Å². The van der Waals surface area contributed by atoms with Gasteiger partial charge in [0, 0.05) is 22.9 Å². The fraction of sp³-hybridized carbons (Fsp3) is 0.333. The van der Waals surface area contributed by atoms with E-state index in [0.29, 0.717) is 12.3 Å². The van der Waals surface area contributed by atoms with Gasteiger partial charge >= 0.3 is 6.03 Å². The maximum Gasteiger partial charge on any atom is 0.324 e. The molecule has 1 heterocycles. The van der Waals surface area contributed by atoms with Crippen molar-refractivity contribution >= 4 is 29.4 Å². The first-order chi connectivity index (χ1) is 8.59. The minimum absolute atomic E-state index is 0.107. The zero-order chi connectivity index (χ0) is 13.1. The van der Waals surface area contributed by atoms with Crippen LogP contribution in [0.15, 0.2) is 23.1 Å². The SMILES string of the molecule is Cc1cccc(SCCN2C(=O)CNC2=O)c1N. The van der Waals surface area contributed by atoms with Crippen molar-refractivity contribution in [3.63, 3.8) is 0 Å². The van der Waals surface area contributed by atoms with Gasteiger partial charge < -0.3 is 11.1 Å². The Bertz CT molecular complexity index is 474. The number of nitrogens with one attached hydrogen (secondary N) is 1. The second-order valence-corrected chi connectivity index (χ2v) is 5.18. The first-order valence-corrected chi connectivity index (χ1v) is 6.64. The van der Waals surface area contributed by atoms with Gasteiger partial charge in [-0.2, -0.15) is 0 Å². The maximum absolute atomic E-state index is 11.4. The lowest BCUT2D eigenvalue weighted by Gasteiger charge is -2.12. The zero-order valence-electron chi connectivity index (χ0n) is 10.1. The van der Waals surface area contributed by atoms with Crippen molar-refractivity contribution in [1.82, 2.24) is 10.2 Å². The number of nitrogens with zero attached hydrogens (tertiary/aromatic N) is 1. The molecule has 0 unspecified atom stereocenters. The molecule has 3 amide bonds. The van der Waals surface area contributed by atoms with Gasteiger partial charge in [-0.1, -0.05) is 12.1 Å². The van der Waals surface area contributed by atoms with Crippen molar-refractivity contribution in [3.05, 3.63) is 23.8 Å². The van der Waals surface area contributed by atoms with E-state index in [1.165, 1.54) is 4.90 Å². The van der Waals surface area contributed by atoms with Gasteiger partial charge in [-0.3, -0.25) is 9.69 Å². The number of benzene rings is 1. The van der Waals surface area contributed by atoms with Crippen LogP contribution in [0.3, 0.4) is 0 Å². The molecule has 3 N–H and O–H groups in total. The van der Waals surface area contributed by atoms with Crippen LogP contribution in [-0.4, -0.2) is 35.7 Å². The van der Waals surface area contributed by atoms with Crippen LogP contribution >= 0.6 is 11.8 Å². The van der Waals surface area contributed by atoms with Crippen molar-refractivity contribution < 1.29 is 9.59 Å². The van der Waals surface area contributed by atoms with Crippen LogP contribution in [0.5, 0.6) is 0 Å². The number of imide groups is 1. The Balaban J connectivity index is 1.91. The fourth-order valence-corrected chi connectivity index (χ4v) is 2.69. The van der Waals surface area contributed by atoms with Crippen LogP contribution in [0, 0.1) is 6.92 Å². The zero-order valence-corrected chi connectivity index (χ0v) is 10.9. The van der Waals surface area contributed by atoms with E-state index in [9.17, 15) is 9.59 Å². The molecule has 1 aromatic rings. The minimum Gasteiger partial charge on any atom is -0.398 e. The van der Waals surface area contributed by atoms with Gasteiger partial charge in [0.2, 0.25) is 5.91 Å². The van der Waals surface area contributed by atoms with Crippen molar-refractivity contribution in [2.45, 2.75) is 11.8 Å². The van der Waals surface area contributed by atoms with Crippen molar-refractivity contribution in [1.29, 1.82) is 0 Å². The third kappa shape index (κ3) is 2.59. The Morgan fingerprint density at radius 2 is 2.22 bits per heavy atom. The molecule has 1 saturated heterocycles. The number of thioether (sulfide) groups is 1. The molecule has 0 saturated carbocycles. The summed E-state index contributed by atoms with van der Waals surface area (Å²) in [5.74, 6) is 0.477. The van der Waals surface area contributed by atoms with Gasteiger partial charge in [0.25, 0.3) is 0 Å². The maximum atomic E-state index is 11.4. The summed E-state index contributed by atoms with van der Waals surface area (Å²) >= 11 is 1.55. The van der Waals surface area contributed by atoms with Crippen LogP contribution in [-0.2, 0) is 4.79 Å². The first kappa shape index (κ1) is 12.8. The number of amides is 3. The topological polar surface area (TPSA) is 75.4 Å². The molecule has 1 aromatic carbocycles. The molecule has 0 aliphatic carbocycles. The average molecular weight is 265 g/mol. The van der Waals surface area contributed by atoms with Crippen LogP contribution in [0.1, 0.15) is 5.56 Å². The van der Waals surface area contributed by atoms with Crippen LogP contribution < -0.4 is 11.1 Å². The standard InChI is InChI=1S/C12H15N3O2S/c1-8-3-2-4-9(11(8)13)18-6-5-15-10(16)7-14-12(15)17/h2-4H,5-7,13H2,1H3,(H,14,17). The summed E-state index contributed by atoms with van der Waals surface area (Å²) < 4.78 is 0. The number of carbonyl (C=O) groups excluding carboxylic acids is 2. The summed E-state index contributed by atoms with van der Waals surface area (Å²) in [5.41, 5.74) is 7.75. The molecule has 0 bridgehead atoms. The van der Waals surface area contributed by atoms with Crippen LogP contribution in [0.2, 0.25) is 0 Å². The minimum atomic E-state index is -0.308. The number of para-hydroxylation sites is 1. The lowest BCUT2D eigenvalue weighted by atomic mass is 10.2. The molecule has 1 aliphatic rings. The lowest BCUT2D eigenvalue weighted by molar-refractivity contribution is -0.124. The number of rotatable bonds is 4. The van der Waals surface area contributed by atoms with Gasteiger partial charge in [0.1, 0.15) is 0 Å². The summed E-state index contributed by atoms with van der Waals surface area (Å²) in [6.45, 7) is 2.47. The second kappa shape index (κ2) is 5.30. The largest absolute Gasteiger partial charge is 0.398 e. The van der Waals surface area contributed by atoms with Crippen molar-refractivity contribution in [2.75, 3.05) is 24.6 Å². The Morgan fingerprint density at radius 1 is 1.44 bits per heavy atom. The van der Waals surface area contributed by atoms with Gasteiger partial charge in [0.15, 0.2) is 0 Å². The number of aryl methyl sites for hydroxylation is 1. The highest BCUT2D eigenvalue weighted by Crippen LogP contribution is 2.27. The molecule has 6 heteroatoms. The van der Waals surface area contributed by atoms with E-state index in [2.05, 4.69) is 5.32 Å². The number of nitrogen functional groups attached to an aromatic ring is 1. The number of urea groups is 1. The van der Waals surface area contributed by atoms with E-state index in [0.717, 1.165) is 16.1 Å². The molecular formula is C12H15N3O2S. The highest BCUT2D eigenvalue weighted by molar-refractivity contribution is 7.99. The number of hydrogen-bond donors (Lipinski definition) is 2. The molecule has 5 nitrogen and oxygen atoms in total. The monoisotopic (exact) mass is 265 g/mol. The number of carbonyl (C=O) groups is 2. The average Bonchev–Trinajstić information content (AvgIpc) is 2.66. The molecule has 2 rings (SSSR count).